The first-order valence-corrected chi connectivity index (χ1v) is 22.2. The number of hydrogen-bond donors (Lipinski definition) is 0. The van der Waals surface area contributed by atoms with Crippen LogP contribution in [-0.2, 0) is 10.8 Å². The van der Waals surface area contributed by atoms with E-state index in [0.29, 0.717) is 0 Å². The summed E-state index contributed by atoms with van der Waals surface area (Å²) in [6, 6.07) is 15.5. The van der Waals surface area contributed by atoms with Gasteiger partial charge in [-0.05, 0) is 90.9 Å². The van der Waals surface area contributed by atoms with Gasteiger partial charge in [0.15, 0.2) is 23.1 Å². The number of fused-ring (bicyclic) bond motifs is 12. The molecular formula is C48H28N4O4S3. The van der Waals surface area contributed by atoms with E-state index in [-0.39, 0.29) is 66.5 Å². The molecule has 6 aliphatic rings. The van der Waals surface area contributed by atoms with Gasteiger partial charge in [-0.1, -0.05) is 38.5 Å². The van der Waals surface area contributed by atoms with Crippen LogP contribution >= 0.6 is 34.0 Å². The molecule has 5 aromatic rings. The molecule has 2 aromatic carbocycles. The van der Waals surface area contributed by atoms with E-state index in [9.17, 15) is 40.2 Å². The number of nitrogens with zero attached hydrogens (tertiary/aromatic N) is 4. The standard InChI is InChI=1S/C48H28N4O4S3/c49-19-23-11-29-30(12-24(23)20-50)41(54)33(40(29)53)15-27-16-35-37(47(27)7-3-1-4-8-47)38-45(58-35)46-39(48(38)9-5-2-6-10-48)44-36(59-46)18-28(57-44)17-34-42(55)31-13-25(21-51)26(22-52)14-32(31)43(34)56/h11-18H,1-10H2. The molecule has 59 heavy (non-hydrogen) atoms. The molecule has 0 atom stereocenters. The molecule has 2 saturated carbocycles. The fraction of sp³-hybridized carbons (Fsp3) is 0.250. The van der Waals surface area contributed by atoms with E-state index in [1.807, 2.05) is 41.7 Å². The summed E-state index contributed by atoms with van der Waals surface area (Å²) in [6.45, 7) is 0. The van der Waals surface area contributed by atoms with Crippen LogP contribution in [0.4, 0.5) is 0 Å². The maximum atomic E-state index is 13.9. The zero-order valence-corrected chi connectivity index (χ0v) is 33.8. The van der Waals surface area contributed by atoms with Crippen molar-refractivity contribution in [3.05, 3.63) is 124 Å². The normalized spacial score (nSPS) is 18.9. The Morgan fingerprint density at radius 2 is 0.966 bits per heavy atom. The molecular weight excluding hydrogens is 793 g/mol. The van der Waals surface area contributed by atoms with E-state index >= 15 is 0 Å². The highest BCUT2D eigenvalue weighted by Gasteiger charge is 2.55. The highest BCUT2D eigenvalue weighted by atomic mass is 32.1. The highest BCUT2D eigenvalue weighted by Crippen LogP contribution is 2.69. The maximum absolute atomic E-state index is 13.9. The minimum atomic E-state index is -0.436. The molecule has 0 N–H and O–H groups in total. The van der Waals surface area contributed by atoms with Crippen LogP contribution in [0.25, 0.3) is 31.3 Å². The number of ketones is 4. The van der Waals surface area contributed by atoms with Crippen LogP contribution in [0.1, 0.15) is 154 Å². The molecule has 0 unspecified atom stereocenters. The lowest BCUT2D eigenvalue weighted by Gasteiger charge is -2.42. The van der Waals surface area contributed by atoms with Gasteiger partial charge in [-0.3, -0.25) is 19.2 Å². The average Bonchev–Trinajstić information content (AvgIpc) is 4.10. The van der Waals surface area contributed by atoms with Crippen molar-refractivity contribution in [2.75, 3.05) is 0 Å². The first kappa shape index (κ1) is 35.8. The van der Waals surface area contributed by atoms with Gasteiger partial charge >= 0.3 is 0 Å². The number of thiophene rings is 3. The third-order valence-corrected chi connectivity index (χ3v) is 17.2. The summed E-state index contributed by atoms with van der Waals surface area (Å²) in [5.41, 5.74) is 5.68. The molecule has 0 bridgehead atoms. The number of rotatable bonds is 2. The Bertz CT molecular complexity index is 3080. The Morgan fingerprint density at radius 3 is 1.46 bits per heavy atom. The number of nitriles is 4. The first-order chi connectivity index (χ1) is 28.7. The van der Waals surface area contributed by atoms with Gasteiger partial charge < -0.3 is 0 Å². The molecule has 0 amide bonds. The third-order valence-electron chi connectivity index (χ3n) is 13.6. The number of hydrogen-bond acceptors (Lipinski definition) is 11. The molecule has 0 saturated heterocycles. The molecule has 3 aromatic heterocycles. The highest BCUT2D eigenvalue weighted by molar-refractivity contribution is 7.32. The molecule has 0 radical (unpaired) electrons. The van der Waals surface area contributed by atoms with E-state index in [2.05, 4.69) is 12.1 Å². The topological polar surface area (TPSA) is 163 Å². The van der Waals surface area contributed by atoms with Gasteiger partial charge in [-0.2, -0.15) is 21.0 Å². The van der Waals surface area contributed by atoms with Crippen molar-refractivity contribution in [3.8, 4) is 34.0 Å². The van der Waals surface area contributed by atoms with E-state index < -0.39 is 23.1 Å². The predicted octanol–water partition coefficient (Wildman–Crippen LogP) is 10.8. The van der Waals surface area contributed by atoms with Crippen molar-refractivity contribution in [2.24, 2.45) is 0 Å². The minimum Gasteiger partial charge on any atom is -0.288 e. The summed E-state index contributed by atoms with van der Waals surface area (Å²) in [6.07, 6.45) is 16.1. The first-order valence-electron chi connectivity index (χ1n) is 19.7. The Hall–Kier alpha value is -6.34. The van der Waals surface area contributed by atoms with Crippen LogP contribution in [0.15, 0.2) is 53.1 Å². The number of allylic oxidation sites excluding steroid dienone is 4. The second-order valence-electron chi connectivity index (χ2n) is 16.3. The molecule has 282 valence electrons. The SMILES string of the molecule is N#Cc1cc2c(cc1C#N)C(=O)C(=CC1=Cc3sc4c(c3C13CCCCC3)C1(CCCCC1)c1c-4sc3cc(C=C4C(=O)c5cc(C#N)c(C#N)cc5C4=O)sc13)C2=O. The molecule has 0 aliphatic heterocycles. The van der Waals surface area contributed by atoms with Gasteiger partial charge in [0.2, 0.25) is 0 Å². The number of Topliss-reactive ketones (excluding diaryl/α,β-unsaturated/α-hetero) is 4. The zero-order chi connectivity index (χ0) is 40.5. The fourth-order valence-corrected chi connectivity index (χ4v) is 15.3. The van der Waals surface area contributed by atoms with Crippen molar-refractivity contribution >= 4 is 78.7 Å². The van der Waals surface area contributed by atoms with E-state index in [1.165, 1.54) is 60.3 Å². The summed E-state index contributed by atoms with van der Waals surface area (Å²) >= 11 is 5.20. The summed E-state index contributed by atoms with van der Waals surface area (Å²) in [4.78, 5) is 59.6. The van der Waals surface area contributed by atoms with E-state index in [0.717, 1.165) is 79.4 Å². The largest absolute Gasteiger partial charge is 0.288 e. The minimum absolute atomic E-state index is 0.0409. The molecule has 6 aliphatic carbocycles. The number of carbonyl (C=O) groups excluding carboxylic acids is 4. The van der Waals surface area contributed by atoms with Gasteiger partial charge in [0.05, 0.1) is 43.0 Å². The quantitative estimate of drug-likeness (QED) is 0.125. The van der Waals surface area contributed by atoms with Crippen molar-refractivity contribution in [2.45, 2.75) is 75.0 Å². The Morgan fingerprint density at radius 1 is 0.508 bits per heavy atom. The lowest BCUT2D eigenvalue weighted by atomic mass is 9.61. The zero-order valence-electron chi connectivity index (χ0n) is 31.3. The average molecular weight is 821 g/mol. The third kappa shape index (κ3) is 4.64. The second kappa shape index (κ2) is 12.6. The van der Waals surface area contributed by atoms with Crippen LogP contribution in [0.3, 0.4) is 0 Å². The molecule has 2 spiro atoms. The van der Waals surface area contributed by atoms with Gasteiger partial charge in [0.1, 0.15) is 24.3 Å². The van der Waals surface area contributed by atoms with Crippen LogP contribution in [0.2, 0.25) is 0 Å². The van der Waals surface area contributed by atoms with Crippen molar-refractivity contribution in [3.63, 3.8) is 0 Å². The lowest BCUT2D eigenvalue weighted by molar-refractivity contribution is 0.0974. The monoisotopic (exact) mass is 820 g/mol. The molecule has 3 heterocycles. The Balaban J connectivity index is 1.02. The van der Waals surface area contributed by atoms with Gasteiger partial charge in [-0.25, -0.2) is 0 Å². The smallest absolute Gasteiger partial charge is 0.197 e. The molecule has 11 heteroatoms. The number of benzene rings is 2. The molecule has 2 fully saturated rings. The maximum Gasteiger partial charge on any atom is 0.197 e. The fourth-order valence-electron chi connectivity index (χ4n) is 11.0. The summed E-state index contributed by atoms with van der Waals surface area (Å²) in [7, 11) is 0. The van der Waals surface area contributed by atoms with Crippen molar-refractivity contribution in [1.29, 1.82) is 21.0 Å². The number of carbonyl (C=O) groups is 4. The van der Waals surface area contributed by atoms with Gasteiger partial charge in [-0.15, -0.1) is 34.0 Å². The Kier molecular flexibility index (Phi) is 7.63. The van der Waals surface area contributed by atoms with Crippen molar-refractivity contribution < 1.29 is 19.2 Å². The van der Waals surface area contributed by atoms with Gasteiger partial charge in [0, 0.05) is 58.0 Å². The Labute approximate surface area is 350 Å². The van der Waals surface area contributed by atoms with Crippen LogP contribution in [0.5, 0.6) is 0 Å². The van der Waals surface area contributed by atoms with E-state index in [1.54, 1.807) is 28.7 Å². The predicted molar refractivity (Wildman–Crippen MR) is 225 cm³/mol. The van der Waals surface area contributed by atoms with Crippen molar-refractivity contribution in [1.82, 2.24) is 0 Å². The lowest BCUT2D eigenvalue weighted by Crippen LogP contribution is -2.35. The summed E-state index contributed by atoms with van der Waals surface area (Å²) < 4.78 is 2.31. The second-order valence-corrected chi connectivity index (χ2v) is 19.5. The van der Waals surface area contributed by atoms with Crippen LogP contribution < -0.4 is 0 Å². The molecule has 8 nitrogen and oxygen atoms in total. The summed E-state index contributed by atoms with van der Waals surface area (Å²) in [5, 5.41) is 38.4. The van der Waals surface area contributed by atoms with Crippen LogP contribution in [-0.4, -0.2) is 23.1 Å². The van der Waals surface area contributed by atoms with Crippen LogP contribution in [0, 0.1) is 45.3 Å². The van der Waals surface area contributed by atoms with Gasteiger partial charge in [0.25, 0.3) is 0 Å². The summed E-state index contributed by atoms with van der Waals surface area (Å²) in [5.74, 6) is -1.68. The van der Waals surface area contributed by atoms with E-state index in [4.69, 9.17) is 0 Å². The molecule has 11 rings (SSSR count).